The molecule has 3 aliphatic heterocycles. The highest BCUT2D eigenvalue weighted by molar-refractivity contribution is 7.00. The molecule has 0 bridgehead atoms. The van der Waals surface area contributed by atoms with Gasteiger partial charge in [-0.1, -0.05) is 173 Å². The molecule has 15 rings (SSSR count). The first-order chi connectivity index (χ1) is 40.3. The van der Waals surface area contributed by atoms with Gasteiger partial charge in [0, 0.05) is 67.9 Å². The number of anilines is 9. The van der Waals surface area contributed by atoms with Crippen LogP contribution >= 0.6 is 0 Å². The lowest BCUT2D eigenvalue weighted by molar-refractivity contribution is 0.172. The number of benzene rings is 10. The quantitative estimate of drug-likeness (QED) is 0.155. The number of hydrogen-bond donors (Lipinski definition) is 0. The van der Waals surface area contributed by atoms with Crippen LogP contribution in [0.3, 0.4) is 0 Å². The Morgan fingerprint density at radius 1 is 0.452 bits per heavy atom. The van der Waals surface area contributed by atoms with E-state index in [0.29, 0.717) is 13.2 Å². The van der Waals surface area contributed by atoms with Crippen molar-refractivity contribution in [1.29, 1.82) is 0 Å². The van der Waals surface area contributed by atoms with E-state index >= 15 is 0 Å². The van der Waals surface area contributed by atoms with E-state index in [9.17, 15) is 0 Å². The lowest BCUT2D eigenvalue weighted by Crippen LogP contribution is -2.61. The van der Waals surface area contributed by atoms with Gasteiger partial charge in [0.2, 0.25) is 0 Å². The highest BCUT2D eigenvalue weighted by Crippen LogP contribution is 2.55. The second kappa shape index (κ2) is 18.5. The van der Waals surface area contributed by atoms with Crippen LogP contribution in [0.5, 0.6) is 11.5 Å². The van der Waals surface area contributed by atoms with Crippen molar-refractivity contribution in [1.82, 2.24) is 0 Å². The first kappa shape index (κ1) is 51.9. The summed E-state index contributed by atoms with van der Waals surface area (Å²) < 4.78 is 19.6. The minimum atomic E-state index is -0.271. The van der Waals surface area contributed by atoms with Gasteiger partial charge in [-0.2, -0.15) is 0 Å². The molecule has 0 saturated carbocycles. The third-order valence-electron chi connectivity index (χ3n) is 18.5. The maximum absolute atomic E-state index is 6.54. The van der Waals surface area contributed by atoms with E-state index < -0.39 is 0 Å². The summed E-state index contributed by atoms with van der Waals surface area (Å²) in [6.07, 6.45) is 0. The van der Waals surface area contributed by atoms with Gasteiger partial charge in [-0.25, -0.2) is 0 Å². The second-order valence-corrected chi connectivity index (χ2v) is 27.3. The summed E-state index contributed by atoms with van der Waals surface area (Å²) in [5.41, 5.74) is 24.0. The van der Waals surface area contributed by atoms with E-state index in [0.717, 1.165) is 85.0 Å². The molecule has 1 aromatic heterocycles. The number of ether oxygens (including phenoxy) is 2. The average Bonchev–Trinajstić information content (AvgIpc) is 1.20. The third kappa shape index (κ3) is 8.20. The van der Waals surface area contributed by atoms with Crippen molar-refractivity contribution in [3.05, 3.63) is 228 Å². The van der Waals surface area contributed by atoms with Gasteiger partial charge >= 0.3 is 0 Å². The lowest BCUT2D eigenvalue weighted by atomic mass is 9.33. The van der Waals surface area contributed by atoms with E-state index in [4.69, 9.17) is 13.9 Å². The van der Waals surface area contributed by atoms with Crippen molar-refractivity contribution in [2.24, 2.45) is 0 Å². The molecule has 0 amide bonds. The maximum atomic E-state index is 6.54. The molecule has 6 nitrogen and oxygen atoms in total. The van der Waals surface area contributed by atoms with Crippen molar-refractivity contribution in [3.63, 3.8) is 0 Å². The highest BCUT2D eigenvalue weighted by atomic mass is 16.6. The molecule has 4 heterocycles. The van der Waals surface area contributed by atoms with Gasteiger partial charge in [-0.05, 0) is 179 Å². The Bertz CT molecular complexity index is 4440. The Morgan fingerprint density at radius 2 is 1.02 bits per heavy atom. The van der Waals surface area contributed by atoms with Crippen molar-refractivity contribution in [2.75, 3.05) is 27.9 Å². The van der Waals surface area contributed by atoms with E-state index in [1.165, 1.54) is 66.1 Å². The average molecular weight is 1100 g/mol. The Kier molecular flexibility index (Phi) is 11.5. The SMILES string of the molecule is CC(C)(C)c1ccc(N2c3ccc(C(C)(C)C)cc3B3c4cc5c(cc4N(c4ccc(C(C)(C)C)cc4)c4cc(N(c6ccc(-c7cc8ccccc8o7)cc6)c6ccc7c(c6)C(C)(C)c6ccc8ccccc8c6-7)cc2c43)OCCO5)cc1. The van der Waals surface area contributed by atoms with Crippen LogP contribution in [0, 0.1) is 0 Å². The smallest absolute Gasteiger partial charge is 0.252 e. The summed E-state index contributed by atoms with van der Waals surface area (Å²) in [5.74, 6) is 2.38. The fourth-order valence-corrected chi connectivity index (χ4v) is 13.9. The summed E-state index contributed by atoms with van der Waals surface area (Å²) in [6.45, 7) is 26.3. The number of furan rings is 1. The standard InChI is InChI=1S/C77H70BN3O3/c1-74(2,3)50-23-30-54(31-24-50)80-64-37-27-52(76(7,8)9)41-62(64)78-63-45-70-71(83-39-38-82-70)46-65(63)81(55-32-25-51(26-33-55)75(4,5)6)67-44-57(43-66(80)73(67)78)79(53-28-20-48(21-29-53)69-40-49-17-13-15-19-68(49)84-69)56-34-35-59-61(42-56)77(10,11)60-36-22-47-16-12-14-18-58(47)72(59)60/h12-37,40-46H,38-39H2,1-11H3. The number of hydrogen-bond acceptors (Lipinski definition) is 6. The zero-order valence-electron chi connectivity index (χ0n) is 50.1. The molecule has 4 aliphatic rings. The predicted octanol–water partition coefficient (Wildman–Crippen LogP) is 18.8. The predicted molar refractivity (Wildman–Crippen MR) is 353 cm³/mol. The van der Waals surface area contributed by atoms with E-state index in [2.05, 4.69) is 279 Å². The number of rotatable bonds is 6. The zero-order valence-corrected chi connectivity index (χ0v) is 50.1. The van der Waals surface area contributed by atoms with Crippen LogP contribution in [0.25, 0.3) is 44.2 Å². The number of para-hydroxylation sites is 1. The van der Waals surface area contributed by atoms with Crippen molar-refractivity contribution < 1.29 is 13.9 Å². The first-order valence-electron chi connectivity index (χ1n) is 29.9. The summed E-state index contributed by atoms with van der Waals surface area (Å²) in [4.78, 5) is 7.55. The van der Waals surface area contributed by atoms with Gasteiger partial charge in [-0.15, -0.1) is 0 Å². The fraction of sp³-hybridized carbons (Fsp3) is 0.221. The Balaban J connectivity index is 1.03. The minimum Gasteiger partial charge on any atom is -0.486 e. The first-order valence-corrected chi connectivity index (χ1v) is 29.9. The van der Waals surface area contributed by atoms with E-state index in [1.54, 1.807) is 0 Å². The second-order valence-electron chi connectivity index (χ2n) is 27.3. The zero-order chi connectivity index (χ0) is 57.8. The van der Waals surface area contributed by atoms with Crippen LogP contribution in [0.2, 0.25) is 0 Å². The lowest BCUT2D eigenvalue weighted by Gasteiger charge is -2.45. The highest BCUT2D eigenvalue weighted by Gasteiger charge is 2.46. The largest absolute Gasteiger partial charge is 0.486 e. The third-order valence-corrected chi connectivity index (χ3v) is 18.5. The minimum absolute atomic E-state index is 0.0266. The van der Waals surface area contributed by atoms with E-state index in [-0.39, 0.29) is 28.4 Å². The van der Waals surface area contributed by atoms with E-state index in [1.807, 2.05) is 12.1 Å². The van der Waals surface area contributed by atoms with Crippen LogP contribution in [0.1, 0.15) is 104 Å². The molecule has 7 heteroatoms. The molecular formula is C77H70BN3O3. The summed E-state index contributed by atoms with van der Waals surface area (Å²) in [5, 5.41) is 3.63. The molecule has 414 valence electrons. The van der Waals surface area contributed by atoms with Crippen LogP contribution in [0.15, 0.2) is 205 Å². The van der Waals surface area contributed by atoms with Gasteiger partial charge in [-0.3, -0.25) is 0 Å². The van der Waals surface area contributed by atoms with Crippen LogP contribution in [-0.2, 0) is 21.7 Å². The van der Waals surface area contributed by atoms with Gasteiger partial charge in [0.1, 0.15) is 24.6 Å². The van der Waals surface area contributed by atoms with Crippen molar-refractivity contribution >= 4 is 96.0 Å². The molecule has 84 heavy (non-hydrogen) atoms. The fourth-order valence-electron chi connectivity index (χ4n) is 13.9. The topological polar surface area (TPSA) is 41.3 Å². The Hall–Kier alpha value is -8.94. The molecule has 0 atom stereocenters. The normalized spacial score (nSPS) is 14.7. The molecule has 1 aliphatic carbocycles. The summed E-state index contributed by atoms with van der Waals surface area (Å²) in [6, 6.07) is 75.4. The Labute approximate surface area is 495 Å². The van der Waals surface area contributed by atoms with Crippen LogP contribution < -0.4 is 40.6 Å². The maximum Gasteiger partial charge on any atom is 0.252 e. The van der Waals surface area contributed by atoms with Gasteiger partial charge in [0.05, 0.1) is 5.69 Å². The monoisotopic (exact) mass is 1100 g/mol. The summed E-state index contributed by atoms with van der Waals surface area (Å²) in [7, 11) is 0. The molecule has 0 fully saturated rings. The summed E-state index contributed by atoms with van der Waals surface area (Å²) >= 11 is 0. The molecule has 0 spiro atoms. The molecule has 11 aromatic rings. The van der Waals surface area contributed by atoms with Crippen LogP contribution in [0.4, 0.5) is 51.2 Å². The molecular weight excluding hydrogens is 1030 g/mol. The molecule has 0 radical (unpaired) electrons. The van der Waals surface area contributed by atoms with Crippen LogP contribution in [-0.4, -0.2) is 19.9 Å². The number of fused-ring (bicyclic) bond motifs is 11. The Morgan fingerprint density at radius 3 is 1.67 bits per heavy atom. The molecule has 0 N–H and O–H groups in total. The van der Waals surface area contributed by atoms with Gasteiger partial charge in [0.15, 0.2) is 11.5 Å². The molecule has 10 aromatic carbocycles. The molecule has 0 saturated heterocycles. The molecule has 0 unspecified atom stereocenters. The van der Waals surface area contributed by atoms with Crippen molar-refractivity contribution in [3.8, 4) is 33.9 Å². The van der Waals surface area contributed by atoms with Gasteiger partial charge in [0.25, 0.3) is 6.71 Å². The van der Waals surface area contributed by atoms with Crippen molar-refractivity contribution in [2.45, 2.75) is 97.8 Å². The van der Waals surface area contributed by atoms with Gasteiger partial charge < -0.3 is 28.6 Å². The number of nitrogens with zero attached hydrogens (tertiary/aromatic N) is 3.